The largest absolute Gasteiger partial charge is 0.416 e. The summed E-state index contributed by atoms with van der Waals surface area (Å²) in [6.07, 6.45) is -2.25. The molecule has 26 heavy (non-hydrogen) atoms. The van der Waals surface area contributed by atoms with Gasteiger partial charge in [0.05, 0.1) is 5.56 Å². The zero-order valence-corrected chi connectivity index (χ0v) is 14.8. The summed E-state index contributed by atoms with van der Waals surface area (Å²) in [6.45, 7) is -0.137. The first-order chi connectivity index (χ1) is 12.3. The molecule has 1 heterocycles. The molecule has 0 aliphatic carbocycles. The van der Waals surface area contributed by atoms with Gasteiger partial charge in [0.25, 0.3) is 0 Å². The molecule has 8 heteroatoms. The number of hydrogen-bond donors (Lipinski definition) is 1. The highest BCUT2D eigenvalue weighted by molar-refractivity contribution is 9.10. The molecule has 1 amide bonds. The summed E-state index contributed by atoms with van der Waals surface area (Å²) < 4.78 is 40.6. The first-order valence-electron chi connectivity index (χ1n) is 7.48. The number of nitrogens with zero attached hydrogens (tertiary/aromatic N) is 1. The van der Waals surface area contributed by atoms with Crippen molar-refractivity contribution in [2.45, 2.75) is 12.7 Å². The van der Waals surface area contributed by atoms with Crippen molar-refractivity contribution >= 4 is 44.7 Å². The van der Waals surface area contributed by atoms with Gasteiger partial charge in [0, 0.05) is 32.8 Å². The molecule has 134 valence electrons. The van der Waals surface area contributed by atoms with Crippen molar-refractivity contribution in [2.24, 2.45) is 0 Å². The van der Waals surface area contributed by atoms with Crippen LogP contribution >= 0.6 is 15.9 Å². The van der Waals surface area contributed by atoms with Crippen LogP contribution in [0.3, 0.4) is 0 Å². The van der Waals surface area contributed by atoms with Gasteiger partial charge in [0.1, 0.15) is 6.54 Å². The molecule has 0 saturated heterocycles. The van der Waals surface area contributed by atoms with Gasteiger partial charge in [-0.3, -0.25) is 9.59 Å². The average Bonchev–Trinajstić information content (AvgIpc) is 2.91. The van der Waals surface area contributed by atoms with Gasteiger partial charge in [-0.15, -0.1) is 0 Å². The number of nitrogens with one attached hydrogen (secondary N) is 1. The first kappa shape index (κ1) is 18.2. The Morgan fingerprint density at radius 3 is 2.65 bits per heavy atom. The van der Waals surface area contributed by atoms with Gasteiger partial charge in [-0.2, -0.15) is 13.2 Å². The fourth-order valence-electron chi connectivity index (χ4n) is 2.65. The van der Waals surface area contributed by atoms with Gasteiger partial charge >= 0.3 is 6.18 Å². The molecule has 0 bridgehead atoms. The van der Waals surface area contributed by atoms with E-state index < -0.39 is 17.6 Å². The van der Waals surface area contributed by atoms with Gasteiger partial charge in [-0.25, -0.2) is 0 Å². The number of aldehydes is 1. The number of fused-ring (bicyclic) bond motifs is 1. The Kier molecular flexibility index (Phi) is 4.86. The second kappa shape index (κ2) is 6.95. The number of rotatable bonds is 4. The Hall–Kier alpha value is -2.61. The molecule has 3 aromatic rings. The lowest BCUT2D eigenvalue weighted by Crippen LogP contribution is -2.18. The van der Waals surface area contributed by atoms with E-state index in [9.17, 15) is 22.8 Å². The lowest BCUT2D eigenvalue weighted by Gasteiger charge is -2.10. The fourth-order valence-corrected chi connectivity index (χ4v) is 3.01. The number of alkyl halides is 3. The van der Waals surface area contributed by atoms with Gasteiger partial charge < -0.3 is 9.88 Å². The van der Waals surface area contributed by atoms with E-state index in [1.165, 1.54) is 18.3 Å². The van der Waals surface area contributed by atoms with E-state index in [1.807, 2.05) is 0 Å². The quantitative estimate of drug-likeness (QED) is 0.607. The number of hydrogen-bond acceptors (Lipinski definition) is 2. The summed E-state index contributed by atoms with van der Waals surface area (Å²) in [5.41, 5.74) is 0.317. The van der Waals surface area contributed by atoms with E-state index in [0.29, 0.717) is 22.8 Å². The van der Waals surface area contributed by atoms with Crippen LogP contribution in [0.25, 0.3) is 10.9 Å². The minimum absolute atomic E-state index is 0.0552. The monoisotopic (exact) mass is 424 g/mol. The zero-order chi connectivity index (χ0) is 18.9. The van der Waals surface area contributed by atoms with Crippen molar-refractivity contribution in [3.63, 3.8) is 0 Å². The Balaban J connectivity index is 1.83. The van der Waals surface area contributed by atoms with Crippen LogP contribution < -0.4 is 5.32 Å². The molecule has 3 rings (SSSR count). The van der Waals surface area contributed by atoms with Crippen LogP contribution in [-0.2, 0) is 17.5 Å². The summed E-state index contributed by atoms with van der Waals surface area (Å²) in [5, 5.41) is 3.13. The van der Waals surface area contributed by atoms with E-state index in [1.54, 1.807) is 22.8 Å². The molecule has 0 unspecified atom stereocenters. The molecule has 0 atom stereocenters. The molecule has 0 saturated carbocycles. The fraction of sp³-hybridized carbons (Fsp3) is 0.111. The molecule has 1 aromatic heterocycles. The molecule has 0 fully saturated rings. The molecular weight excluding hydrogens is 413 g/mol. The highest BCUT2D eigenvalue weighted by atomic mass is 79.9. The van der Waals surface area contributed by atoms with Crippen molar-refractivity contribution in [3.05, 3.63) is 64.3 Å². The summed E-state index contributed by atoms with van der Waals surface area (Å²) in [6, 6.07) is 9.71. The Morgan fingerprint density at radius 2 is 1.96 bits per heavy atom. The lowest BCUT2D eigenvalue weighted by molar-refractivity contribution is -0.137. The van der Waals surface area contributed by atoms with Crippen molar-refractivity contribution in [1.82, 2.24) is 4.57 Å². The highest BCUT2D eigenvalue weighted by Gasteiger charge is 2.30. The van der Waals surface area contributed by atoms with Gasteiger partial charge in [0.15, 0.2) is 6.29 Å². The van der Waals surface area contributed by atoms with E-state index in [0.717, 1.165) is 16.6 Å². The Labute approximate surface area is 154 Å². The van der Waals surface area contributed by atoms with Crippen LogP contribution in [0.15, 0.2) is 53.1 Å². The highest BCUT2D eigenvalue weighted by Crippen LogP contribution is 2.30. The number of anilines is 1. The van der Waals surface area contributed by atoms with E-state index >= 15 is 0 Å². The molecular formula is C18H12BrF3N2O2. The third-order valence-corrected chi connectivity index (χ3v) is 4.28. The summed E-state index contributed by atoms with van der Waals surface area (Å²) in [5.74, 6) is -0.499. The van der Waals surface area contributed by atoms with Crippen LogP contribution in [0.1, 0.15) is 15.9 Å². The number of carbonyl (C=O) groups excluding carboxylic acids is 2. The minimum Gasteiger partial charge on any atom is -0.337 e. The number of amides is 1. The SMILES string of the molecule is O=Cc1cn(CC(=O)Nc2cccc(C(F)(F)F)c2)c2ccc(Br)cc12. The maximum atomic E-state index is 12.7. The van der Waals surface area contributed by atoms with Gasteiger partial charge in [0.2, 0.25) is 5.91 Å². The molecule has 0 spiro atoms. The number of carbonyl (C=O) groups is 2. The summed E-state index contributed by atoms with van der Waals surface area (Å²) in [4.78, 5) is 23.5. The first-order valence-corrected chi connectivity index (χ1v) is 8.28. The van der Waals surface area contributed by atoms with Gasteiger partial charge in [-0.05, 0) is 36.4 Å². The molecule has 0 aliphatic heterocycles. The van der Waals surface area contributed by atoms with Crippen LogP contribution in [-0.4, -0.2) is 16.8 Å². The summed E-state index contributed by atoms with van der Waals surface area (Å²) in [7, 11) is 0. The standard InChI is InChI=1S/C18H12BrF3N2O2/c19-13-4-5-16-15(7-13)11(10-25)8-24(16)9-17(26)23-14-3-1-2-12(6-14)18(20,21)22/h1-8,10H,9H2,(H,23,26). The number of halogens is 4. The molecule has 1 N–H and O–H groups in total. The predicted octanol–water partition coefficient (Wildman–Crippen LogP) is 4.87. The number of aromatic nitrogens is 1. The molecule has 2 aromatic carbocycles. The maximum Gasteiger partial charge on any atom is 0.416 e. The normalized spacial score (nSPS) is 11.5. The van der Waals surface area contributed by atoms with Crippen LogP contribution in [0.2, 0.25) is 0 Å². The summed E-state index contributed by atoms with van der Waals surface area (Å²) >= 11 is 3.33. The Morgan fingerprint density at radius 1 is 1.19 bits per heavy atom. The smallest absolute Gasteiger partial charge is 0.337 e. The minimum atomic E-state index is -4.48. The predicted molar refractivity (Wildman–Crippen MR) is 95.1 cm³/mol. The van der Waals surface area contributed by atoms with Crippen molar-refractivity contribution in [1.29, 1.82) is 0 Å². The van der Waals surface area contributed by atoms with Gasteiger partial charge in [-0.1, -0.05) is 22.0 Å². The molecule has 0 aliphatic rings. The lowest BCUT2D eigenvalue weighted by atomic mass is 10.2. The van der Waals surface area contributed by atoms with Crippen LogP contribution in [0.4, 0.5) is 18.9 Å². The van der Waals surface area contributed by atoms with Crippen molar-refractivity contribution < 1.29 is 22.8 Å². The molecule has 0 radical (unpaired) electrons. The van der Waals surface area contributed by atoms with E-state index in [-0.39, 0.29) is 12.2 Å². The van der Waals surface area contributed by atoms with Crippen LogP contribution in [0, 0.1) is 0 Å². The average molecular weight is 425 g/mol. The van der Waals surface area contributed by atoms with E-state index in [4.69, 9.17) is 0 Å². The van der Waals surface area contributed by atoms with E-state index in [2.05, 4.69) is 21.2 Å². The van der Waals surface area contributed by atoms with Crippen molar-refractivity contribution in [2.75, 3.05) is 5.32 Å². The Bertz CT molecular complexity index is 996. The maximum absolute atomic E-state index is 12.7. The topological polar surface area (TPSA) is 51.1 Å². The number of benzene rings is 2. The second-order valence-corrected chi connectivity index (χ2v) is 6.53. The third kappa shape index (κ3) is 3.80. The molecule has 4 nitrogen and oxygen atoms in total. The van der Waals surface area contributed by atoms with Crippen LogP contribution in [0.5, 0.6) is 0 Å². The second-order valence-electron chi connectivity index (χ2n) is 5.62. The van der Waals surface area contributed by atoms with Crippen molar-refractivity contribution in [3.8, 4) is 0 Å². The zero-order valence-electron chi connectivity index (χ0n) is 13.2. The third-order valence-electron chi connectivity index (χ3n) is 3.79.